The van der Waals surface area contributed by atoms with E-state index in [0.717, 1.165) is 21.0 Å². The fourth-order valence-corrected chi connectivity index (χ4v) is 2.67. The van der Waals surface area contributed by atoms with E-state index in [-0.39, 0.29) is 5.95 Å². The molecule has 6 nitrogen and oxygen atoms in total. The second-order valence-electron chi connectivity index (χ2n) is 4.00. The van der Waals surface area contributed by atoms with Crippen LogP contribution in [0.2, 0.25) is 0 Å². The van der Waals surface area contributed by atoms with Crippen molar-refractivity contribution in [2.75, 3.05) is 18.1 Å². The number of hydrogen-bond donors (Lipinski definition) is 2. The molecule has 3 aromatic rings. The summed E-state index contributed by atoms with van der Waals surface area (Å²) in [7, 11) is 1.79. The van der Waals surface area contributed by atoms with Crippen molar-refractivity contribution >= 4 is 34.4 Å². The van der Waals surface area contributed by atoms with Crippen molar-refractivity contribution in [2.45, 2.75) is 10.1 Å². The summed E-state index contributed by atoms with van der Waals surface area (Å²) in [6, 6.07) is 9.68. The van der Waals surface area contributed by atoms with Crippen LogP contribution in [0, 0.1) is 0 Å². The third kappa shape index (κ3) is 2.48. The molecule has 0 amide bonds. The molecule has 0 unspecified atom stereocenters. The van der Waals surface area contributed by atoms with Gasteiger partial charge in [-0.2, -0.15) is 4.98 Å². The SMILES string of the molecule is CNc1cc(Sc2ncnc3ccccc23)nc(N)n1. The summed E-state index contributed by atoms with van der Waals surface area (Å²) in [4.78, 5) is 16.8. The van der Waals surface area contributed by atoms with Gasteiger partial charge in [0.15, 0.2) is 0 Å². The van der Waals surface area contributed by atoms with E-state index in [1.807, 2.05) is 30.3 Å². The molecule has 7 heteroatoms. The molecule has 0 saturated heterocycles. The van der Waals surface area contributed by atoms with Crippen molar-refractivity contribution in [3.05, 3.63) is 36.7 Å². The van der Waals surface area contributed by atoms with Gasteiger partial charge in [0.05, 0.1) is 5.52 Å². The van der Waals surface area contributed by atoms with Crippen molar-refractivity contribution in [1.82, 2.24) is 19.9 Å². The predicted octanol–water partition coefficient (Wildman–Crippen LogP) is 2.19. The zero-order valence-corrected chi connectivity index (χ0v) is 11.6. The number of benzene rings is 1. The van der Waals surface area contributed by atoms with Gasteiger partial charge in [-0.3, -0.25) is 0 Å². The first-order valence-electron chi connectivity index (χ1n) is 5.96. The van der Waals surface area contributed by atoms with Crippen LogP contribution in [0.25, 0.3) is 10.9 Å². The van der Waals surface area contributed by atoms with Crippen LogP contribution in [0.5, 0.6) is 0 Å². The van der Waals surface area contributed by atoms with Gasteiger partial charge in [0.25, 0.3) is 0 Å². The van der Waals surface area contributed by atoms with Crippen molar-refractivity contribution < 1.29 is 0 Å². The lowest BCUT2D eigenvalue weighted by atomic mass is 10.2. The van der Waals surface area contributed by atoms with Crippen LogP contribution in [0.15, 0.2) is 46.7 Å². The molecule has 0 aliphatic rings. The Kier molecular flexibility index (Phi) is 3.34. The molecule has 2 aromatic heterocycles. The molecule has 0 aliphatic heterocycles. The molecule has 2 heterocycles. The van der Waals surface area contributed by atoms with Gasteiger partial charge in [0, 0.05) is 18.5 Å². The highest BCUT2D eigenvalue weighted by Crippen LogP contribution is 2.30. The summed E-state index contributed by atoms with van der Waals surface area (Å²) in [5.74, 6) is 0.913. The average Bonchev–Trinajstić information content (AvgIpc) is 2.47. The van der Waals surface area contributed by atoms with Crippen LogP contribution in [-0.2, 0) is 0 Å². The number of nitrogen functional groups attached to an aromatic ring is 1. The highest BCUT2D eigenvalue weighted by molar-refractivity contribution is 7.99. The molecule has 20 heavy (non-hydrogen) atoms. The number of anilines is 2. The third-order valence-electron chi connectivity index (χ3n) is 2.68. The van der Waals surface area contributed by atoms with Crippen molar-refractivity contribution in [2.24, 2.45) is 0 Å². The van der Waals surface area contributed by atoms with Crippen LogP contribution in [0.3, 0.4) is 0 Å². The first-order chi connectivity index (χ1) is 9.76. The molecule has 1 aromatic carbocycles. The molecule has 0 bridgehead atoms. The number of nitrogens with one attached hydrogen (secondary N) is 1. The normalized spacial score (nSPS) is 10.7. The van der Waals surface area contributed by atoms with Crippen LogP contribution in [0.1, 0.15) is 0 Å². The quantitative estimate of drug-likeness (QED) is 0.712. The lowest BCUT2D eigenvalue weighted by Crippen LogP contribution is -2.00. The summed E-state index contributed by atoms with van der Waals surface area (Å²) in [6.07, 6.45) is 1.55. The number of aromatic nitrogens is 4. The lowest BCUT2D eigenvalue weighted by molar-refractivity contribution is 1.05. The Morgan fingerprint density at radius 1 is 1.15 bits per heavy atom. The van der Waals surface area contributed by atoms with Gasteiger partial charge in [-0.1, -0.05) is 18.2 Å². The number of nitrogens with zero attached hydrogens (tertiary/aromatic N) is 4. The fourth-order valence-electron chi connectivity index (χ4n) is 1.78. The molecular weight excluding hydrogens is 272 g/mol. The Morgan fingerprint density at radius 3 is 2.85 bits per heavy atom. The molecule has 0 fully saturated rings. The number of para-hydroxylation sites is 1. The second-order valence-corrected chi connectivity index (χ2v) is 5.01. The maximum Gasteiger partial charge on any atom is 0.223 e. The zero-order chi connectivity index (χ0) is 13.9. The Bertz CT molecular complexity index is 755. The Balaban J connectivity index is 2.03. The number of hydrogen-bond acceptors (Lipinski definition) is 7. The molecule has 100 valence electrons. The minimum Gasteiger partial charge on any atom is -0.373 e. The lowest BCUT2D eigenvalue weighted by Gasteiger charge is -2.06. The molecule has 0 spiro atoms. The van der Waals surface area contributed by atoms with E-state index in [1.165, 1.54) is 11.8 Å². The van der Waals surface area contributed by atoms with Crippen LogP contribution >= 0.6 is 11.8 Å². The highest BCUT2D eigenvalue weighted by Gasteiger charge is 2.08. The fraction of sp³-hybridized carbons (Fsp3) is 0.0769. The summed E-state index contributed by atoms with van der Waals surface area (Å²) in [5.41, 5.74) is 6.60. The zero-order valence-electron chi connectivity index (χ0n) is 10.7. The maximum absolute atomic E-state index is 5.69. The molecule has 3 rings (SSSR count). The van der Waals surface area contributed by atoms with Gasteiger partial charge in [-0.15, -0.1) is 0 Å². The van der Waals surface area contributed by atoms with Crippen molar-refractivity contribution in [3.63, 3.8) is 0 Å². The number of rotatable bonds is 3. The number of nitrogens with two attached hydrogens (primary N) is 1. The maximum atomic E-state index is 5.69. The van der Waals surface area contributed by atoms with Crippen molar-refractivity contribution in [1.29, 1.82) is 0 Å². The van der Waals surface area contributed by atoms with Crippen LogP contribution in [-0.4, -0.2) is 27.0 Å². The summed E-state index contributed by atoms with van der Waals surface area (Å²) in [5, 5.41) is 5.53. The van der Waals surface area contributed by atoms with Gasteiger partial charge in [0.2, 0.25) is 5.95 Å². The smallest absolute Gasteiger partial charge is 0.223 e. The van der Waals surface area contributed by atoms with Crippen LogP contribution in [0.4, 0.5) is 11.8 Å². The van der Waals surface area contributed by atoms with E-state index in [1.54, 1.807) is 13.4 Å². The van der Waals surface area contributed by atoms with Crippen LogP contribution < -0.4 is 11.1 Å². The minimum atomic E-state index is 0.234. The van der Waals surface area contributed by atoms with E-state index in [2.05, 4.69) is 25.3 Å². The molecule has 0 atom stereocenters. The Hall–Kier alpha value is -2.41. The van der Waals surface area contributed by atoms with E-state index in [4.69, 9.17) is 5.73 Å². The molecule has 0 saturated carbocycles. The second kappa shape index (κ2) is 5.30. The first-order valence-corrected chi connectivity index (χ1v) is 6.78. The topological polar surface area (TPSA) is 89.6 Å². The van der Waals surface area contributed by atoms with Gasteiger partial charge >= 0.3 is 0 Å². The van der Waals surface area contributed by atoms with Gasteiger partial charge in [0.1, 0.15) is 22.2 Å². The standard InChI is InChI=1S/C13H12N6S/c1-15-10-6-11(19-13(14)18-10)20-12-8-4-2-3-5-9(8)16-7-17-12/h2-7H,1H3,(H3,14,15,18,19). The van der Waals surface area contributed by atoms with Gasteiger partial charge in [-0.05, 0) is 17.8 Å². The minimum absolute atomic E-state index is 0.234. The van der Waals surface area contributed by atoms with E-state index in [9.17, 15) is 0 Å². The van der Waals surface area contributed by atoms with Gasteiger partial charge < -0.3 is 11.1 Å². The number of fused-ring (bicyclic) bond motifs is 1. The molecular formula is C13H12N6S. The Morgan fingerprint density at radius 2 is 2.00 bits per heavy atom. The monoisotopic (exact) mass is 284 g/mol. The van der Waals surface area contributed by atoms with Gasteiger partial charge in [-0.25, -0.2) is 15.0 Å². The van der Waals surface area contributed by atoms with Crippen molar-refractivity contribution in [3.8, 4) is 0 Å². The summed E-state index contributed by atoms with van der Waals surface area (Å²) < 4.78 is 0. The molecule has 0 aliphatic carbocycles. The summed E-state index contributed by atoms with van der Waals surface area (Å²) in [6.45, 7) is 0. The van der Waals surface area contributed by atoms with E-state index < -0.39 is 0 Å². The Labute approximate surface area is 119 Å². The third-order valence-corrected chi connectivity index (χ3v) is 3.62. The average molecular weight is 284 g/mol. The predicted molar refractivity (Wildman–Crippen MR) is 79.7 cm³/mol. The van der Waals surface area contributed by atoms with E-state index in [0.29, 0.717) is 5.82 Å². The highest BCUT2D eigenvalue weighted by atomic mass is 32.2. The first kappa shape index (κ1) is 12.6. The molecule has 3 N–H and O–H groups in total. The molecule has 0 radical (unpaired) electrons. The summed E-state index contributed by atoms with van der Waals surface area (Å²) >= 11 is 1.44. The van der Waals surface area contributed by atoms with E-state index >= 15 is 0 Å². The largest absolute Gasteiger partial charge is 0.373 e.